The van der Waals surface area contributed by atoms with Crippen molar-refractivity contribution in [3.05, 3.63) is 24.0 Å². The summed E-state index contributed by atoms with van der Waals surface area (Å²) < 4.78 is 0. The van der Waals surface area contributed by atoms with Crippen LogP contribution in [0.25, 0.3) is 0 Å². The highest BCUT2D eigenvalue weighted by Crippen LogP contribution is 2.03. The number of aromatic amines is 1. The lowest BCUT2D eigenvalue weighted by molar-refractivity contribution is 0.237. The maximum atomic E-state index is 3.38. The number of piperazine rings is 1. The van der Waals surface area contributed by atoms with Gasteiger partial charge in [-0.15, -0.1) is 0 Å². The van der Waals surface area contributed by atoms with E-state index < -0.39 is 0 Å². The summed E-state index contributed by atoms with van der Waals surface area (Å²) in [6, 6.07) is 4.25. The van der Waals surface area contributed by atoms with Gasteiger partial charge in [0, 0.05) is 38.1 Å². The molecule has 84 valence electrons. The van der Waals surface area contributed by atoms with E-state index in [1.54, 1.807) is 0 Å². The van der Waals surface area contributed by atoms with Crippen molar-refractivity contribution in [1.29, 1.82) is 0 Å². The fourth-order valence-electron chi connectivity index (χ4n) is 2.11. The molecule has 3 nitrogen and oxygen atoms in total. The first kappa shape index (κ1) is 10.7. The third kappa shape index (κ3) is 3.68. The molecule has 0 aromatic carbocycles. The molecule has 0 saturated carbocycles. The van der Waals surface area contributed by atoms with E-state index in [0.717, 1.165) is 13.1 Å². The molecule has 1 aliphatic heterocycles. The van der Waals surface area contributed by atoms with E-state index in [1.807, 2.05) is 6.20 Å². The van der Waals surface area contributed by atoms with Gasteiger partial charge >= 0.3 is 0 Å². The standard InChI is InChI=1S/C12H21N3/c1(4-12-5-3-6-14-12)2-9-15-10-7-13-8-11-15/h3,5-6,13-14H,1-2,4,7-11H2. The molecule has 1 aromatic rings. The average molecular weight is 207 g/mol. The van der Waals surface area contributed by atoms with Gasteiger partial charge in [-0.05, 0) is 37.9 Å². The molecule has 15 heavy (non-hydrogen) atoms. The zero-order valence-corrected chi connectivity index (χ0v) is 9.34. The van der Waals surface area contributed by atoms with Crippen LogP contribution in [0.15, 0.2) is 18.3 Å². The van der Waals surface area contributed by atoms with Crippen LogP contribution in [0, 0.1) is 0 Å². The molecule has 2 heterocycles. The van der Waals surface area contributed by atoms with E-state index in [9.17, 15) is 0 Å². The molecule has 1 saturated heterocycles. The highest BCUT2D eigenvalue weighted by molar-refractivity contribution is 5.03. The lowest BCUT2D eigenvalue weighted by Crippen LogP contribution is -2.43. The van der Waals surface area contributed by atoms with Crippen LogP contribution >= 0.6 is 0 Å². The van der Waals surface area contributed by atoms with Crippen molar-refractivity contribution >= 4 is 0 Å². The Hall–Kier alpha value is -0.800. The Labute approximate surface area is 91.9 Å². The maximum absolute atomic E-state index is 3.38. The number of nitrogens with zero attached hydrogens (tertiary/aromatic N) is 1. The van der Waals surface area contributed by atoms with Crippen molar-refractivity contribution in [3.8, 4) is 0 Å². The van der Waals surface area contributed by atoms with Crippen LogP contribution in [0.3, 0.4) is 0 Å². The predicted octanol–water partition coefficient (Wildman–Crippen LogP) is 1.24. The molecule has 0 radical (unpaired) electrons. The first-order valence-corrected chi connectivity index (χ1v) is 6.00. The third-order valence-electron chi connectivity index (χ3n) is 3.04. The summed E-state index contributed by atoms with van der Waals surface area (Å²) in [7, 11) is 0. The smallest absolute Gasteiger partial charge is 0.0147 e. The molecule has 0 atom stereocenters. The number of aromatic nitrogens is 1. The van der Waals surface area contributed by atoms with Gasteiger partial charge in [0.25, 0.3) is 0 Å². The van der Waals surface area contributed by atoms with Crippen molar-refractivity contribution in [2.45, 2.75) is 19.3 Å². The fraction of sp³-hybridized carbons (Fsp3) is 0.667. The Bertz CT molecular complexity index is 250. The van der Waals surface area contributed by atoms with Crippen molar-refractivity contribution in [2.75, 3.05) is 32.7 Å². The van der Waals surface area contributed by atoms with Crippen molar-refractivity contribution in [3.63, 3.8) is 0 Å². The minimum absolute atomic E-state index is 1.16. The van der Waals surface area contributed by atoms with E-state index in [0.29, 0.717) is 0 Å². The highest BCUT2D eigenvalue weighted by atomic mass is 15.2. The molecule has 0 bridgehead atoms. The van der Waals surface area contributed by atoms with E-state index in [4.69, 9.17) is 0 Å². The zero-order valence-electron chi connectivity index (χ0n) is 9.34. The summed E-state index contributed by atoms with van der Waals surface area (Å²) in [6.07, 6.45) is 5.81. The monoisotopic (exact) mass is 207 g/mol. The molecule has 0 aliphatic carbocycles. The Kier molecular flexibility index (Phi) is 4.23. The average Bonchev–Trinajstić information content (AvgIpc) is 2.79. The van der Waals surface area contributed by atoms with Gasteiger partial charge < -0.3 is 15.2 Å². The van der Waals surface area contributed by atoms with Gasteiger partial charge in [-0.2, -0.15) is 0 Å². The zero-order chi connectivity index (χ0) is 10.3. The molecule has 2 N–H and O–H groups in total. The van der Waals surface area contributed by atoms with Gasteiger partial charge in [-0.25, -0.2) is 0 Å². The second-order valence-corrected chi connectivity index (χ2v) is 4.24. The second kappa shape index (κ2) is 5.93. The van der Waals surface area contributed by atoms with Gasteiger partial charge in [0.15, 0.2) is 0 Å². The first-order valence-electron chi connectivity index (χ1n) is 6.00. The topological polar surface area (TPSA) is 31.1 Å². The first-order chi connectivity index (χ1) is 7.45. The SMILES string of the molecule is c1c[nH]c(CCCCN2CCNCC2)c1. The van der Waals surface area contributed by atoms with Crippen LogP contribution in [0.4, 0.5) is 0 Å². The van der Waals surface area contributed by atoms with E-state index in [-0.39, 0.29) is 0 Å². The normalized spacial score (nSPS) is 18.1. The number of H-pyrrole nitrogens is 1. The molecular weight excluding hydrogens is 186 g/mol. The summed E-state index contributed by atoms with van der Waals surface area (Å²) in [5, 5.41) is 3.38. The van der Waals surface area contributed by atoms with Crippen LogP contribution in [-0.4, -0.2) is 42.6 Å². The Balaban J connectivity index is 1.54. The molecular formula is C12H21N3. The van der Waals surface area contributed by atoms with Gasteiger partial charge in [-0.1, -0.05) is 0 Å². The van der Waals surface area contributed by atoms with E-state index >= 15 is 0 Å². The summed E-state index contributed by atoms with van der Waals surface area (Å²) in [4.78, 5) is 5.81. The molecule has 2 rings (SSSR count). The van der Waals surface area contributed by atoms with Gasteiger partial charge in [-0.3, -0.25) is 0 Å². The third-order valence-corrected chi connectivity index (χ3v) is 3.04. The molecule has 0 spiro atoms. The van der Waals surface area contributed by atoms with Crippen LogP contribution in [0.1, 0.15) is 18.5 Å². The summed E-state index contributed by atoms with van der Waals surface area (Å²) >= 11 is 0. The van der Waals surface area contributed by atoms with Crippen LogP contribution in [0.5, 0.6) is 0 Å². The van der Waals surface area contributed by atoms with Crippen molar-refractivity contribution in [2.24, 2.45) is 0 Å². The minimum Gasteiger partial charge on any atom is -0.365 e. The maximum Gasteiger partial charge on any atom is 0.0147 e. The number of nitrogens with one attached hydrogen (secondary N) is 2. The Morgan fingerprint density at radius 1 is 1.20 bits per heavy atom. The van der Waals surface area contributed by atoms with Crippen molar-refractivity contribution in [1.82, 2.24) is 15.2 Å². The lowest BCUT2D eigenvalue weighted by Gasteiger charge is -2.26. The molecule has 0 amide bonds. The largest absolute Gasteiger partial charge is 0.365 e. The number of unbranched alkanes of at least 4 members (excludes halogenated alkanes) is 1. The summed E-state index contributed by atoms with van der Waals surface area (Å²) in [6.45, 7) is 6.04. The van der Waals surface area contributed by atoms with Gasteiger partial charge in [0.1, 0.15) is 0 Å². The molecule has 1 fully saturated rings. The van der Waals surface area contributed by atoms with Crippen LogP contribution in [-0.2, 0) is 6.42 Å². The summed E-state index contributed by atoms with van der Waals surface area (Å²) in [5.74, 6) is 0. The quantitative estimate of drug-likeness (QED) is 0.712. The number of hydrogen-bond acceptors (Lipinski definition) is 2. The highest BCUT2D eigenvalue weighted by Gasteiger charge is 2.07. The fourth-order valence-corrected chi connectivity index (χ4v) is 2.11. The van der Waals surface area contributed by atoms with Gasteiger partial charge in [0.05, 0.1) is 0 Å². The van der Waals surface area contributed by atoms with E-state index in [1.165, 1.54) is 44.6 Å². The number of hydrogen-bond donors (Lipinski definition) is 2. The lowest BCUT2D eigenvalue weighted by atomic mass is 10.2. The molecule has 1 aliphatic rings. The molecule has 3 heteroatoms. The van der Waals surface area contributed by atoms with Crippen LogP contribution in [0.2, 0.25) is 0 Å². The predicted molar refractivity (Wildman–Crippen MR) is 63.0 cm³/mol. The molecule has 1 aromatic heterocycles. The number of rotatable bonds is 5. The Morgan fingerprint density at radius 2 is 2.07 bits per heavy atom. The molecule has 0 unspecified atom stereocenters. The number of aryl methyl sites for hydroxylation is 1. The minimum atomic E-state index is 1.16. The van der Waals surface area contributed by atoms with Crippen molar-refractivity contribution < 1.29 is 0 Å². The Morgan fingerprint density at radius 3 is 2.80 bits per heavy atom. The van der Waals surface area contributed by atoms with Crippen LogP contribution < -0.4 is 5.32 Å². The second-order valence-electron chi connectivity index (χ2n) is 4.24. The van der Waals surface area contributed by atoms with E-state index in [2.05, 4.69) is 27.3 Å². The summed E-state index contributed by atoms with van der Waals surface area (Å²) in [5.41, 5.74) is 1.37. The van der Waals surface area contributed by atoms with Gasteiger partial charge in [0.2, 0.25) is 0 Å².